The molecule has 2 aromatic carbocycles. The standard InChI is InChI=1S/C28H27ClN4OS/c1-19-11-12-20(29)18-22(19)24-13-14-25(34-24)27-26(23-10-5-6-15-31-23)32-28(35)33(27)17-7-16-30-21-8-3-2-4-9-21/h2-6,8-15,18,26-27,30H,7,16-17H2,1H3,(H,32,35). The highest BCUT2D eigenvalue weighted by atomic mass is 35.5. The monoisotopic (exact) mass is 502 g/mol. The number of hydrogen-bond donors (Lipinski definition) is 2. The molecule has 7 heteroatoms. The minimum atomic E-state index is -0.109. The number of pyridine rings is 1. The zero-order chi connectivity index (χ0) is 24.2. The van der Waals surface area contributed by atoms with Crippen molar-refractivity contribution in [1.29, 1.82) is 0 Å². The maximum atomic E-state index is 6.45. The molecule has 0 spiro atoms. The topological polar surface area (TPSA) is 53.3 Å². The smallest absolute Gasteiger partial charge is 0.170 e. The molecule has 0 aliphatic carbocycles. The Morgan fingerprint density at radius 1 is 1.06 bits per heavy atom. The molecule has 1 aliphatic rings. The van der Waals surface area contributed by atoms with Gasteiger partial charge in [-0.25, -0.2) is 0 Å². The van der Waals surface area contributed by atoms with Crippen molar-refractivity contribution in [1.82, 2.24) is 15.2 Å². The Hall–Kier alpha value is -3.35. The van der Waals surface area contributed by atoms with Gasteiger partial charge in [-0.05, 0) is 79.7 Å². The van der Waals surface area contributed by atoms with Crippen LogP contribution in [-0.4, -0.2) is 28.1 Å². The third-order valence-electron chi connectivity index (χ3n) is 6.26. The van der Waals surface area contributed by atoms with Gasteiger partial charge >= 0.3 is 0 Å². The van der Waals surface area contributed by atoms with Crippen molar-refractivity contribution >= 4 is 34.6 Å². The Balaban J connectivity index is 1.40. The SMILES string of the molecule is Cc1ccc(Cl)cc1-c1ccc(C2C(c3ccccn3)NC(=S)N2CCCNc2ccccc2)o1. The van der Waals surface area contributed by atoms with Crippen LogP contribution >= 0.6 is 23.8 Å². The van der Waals surface area contributed by atoms with E-state index in [1.54, 1.807) is 0 Å². The van der Waals surface area contributed by atoms with E-state index in [0.29, 0.717) is 10.1 Å². The summed E-state index contributed by atoms with van der Waals surface area (Å²) in [6.07, 6.45) is 2.73. The molecule has 0 bridgehead atoms. The fraction of sp³-hybridized carbons (Fsp3) is 0.214. The number of benzene rings is 2. The molecule has 5 rings (SSSR count). The number of aryl methyl sites for hydroxylation is 1. The highest BCUT2D eigenvalue weighted by molar-refractivity contribution is 7.80. The van der Waals surface area contributed by atoms with Crippen LogP contribution in [0, 0.1) is 6.92 Å². The van der Waals surface area contributed by atoms with Gasteiger partial charge in [-0.15, -0.1) is 0 Å². The van der Waals surface area contributed by atoms with E-state index < -0.39 is 0 Å². The Bertz CT molecular complexity index is 1290. The summed E-state index contributed by atoms with van der Waals surface area (Å²) < 4.78 is 6.45. The first-order valence-electron chi connectivity index (χ1n) is 11.7. The number of halogens is 1. The summed E-state index contributed by atoms with van der Waals surface area (Å²) >= 11 is 12.1. The van der Waals surface area contributed by atoms with Gasteiger partial charge in [0.25, 0.3) is 0 Å². The van der Waals surface area contributed by atoms with Gasteiger partial charge in [-0.2, -0.15) is 0 Å². The van der Waals surface area contributed by atoms with Crippen LogP contribution in [0.5, 0.6) is 0 Å². The summed E-state index contributed by atoms with van der Waals surface area (Å²) in [7, 11) is 0. The largest absolute Gasteiger partial charge is 0.459 e. The maximum absolute atomic E-state index is 6.45. The van der Waals surface area contributed by atoms with Crippen LogP contribution in [0.2, 0.25) is 5.02 Å². The second-order valence-electron chi connectivity index (χ2n) is 8.63. The van der Waals surface area contributed by atoms with E-state index in [2.05, 4.69) is 39.6 Å². The van der Waals surface area contributed by atoms with Gasteiger partial charge in [0.05, 0.1) is 11.7 Å². The molecule has 0 radical (unpaired) electrons. The van der Waals surface area contributed by atoms with E-state index in [1.165, 1.54) is 0 Å². The first-order chi connectivity index (χ1) is 17.1. The Morgan fingerprint density at radius 2 is 1.89 bits per heavy atom. The van der Waals surface area contributed by atoms with Crippen LogP contribution in [-0.2, 0) is 0 Å². The minimum absolute atomic E-state index is 0.106. The number of anilines is 1. The molecule has 1 aliphatic heterocycles. The lowest BCUT2D eigenvalue weighted by Crippen LogP contribution is -2.31. The first kappa shape index (κ1) is 23.4. The van der Waals surface area contributed by atoms with Gasteiger partial charge < -0.3 is 20.0 Å². The molecule has 3 heterocycles. The van der Waals surface area contributed by atoms with Crippen molar-refractivity contribution in [3.8, 4) is 11.3 Å². The number of furan rings is 1. The quantitative estimate of drug-likeness (QED) is 0.204. The molecule has 0 amide bonds. The molecule has 1 fully saturated rings. The van der Waals surface area contributed by atoms with Gasteiger partial charge in [0, 0.05) is 35.6 Å². The Labute approximate surface area is 216 Å². The first-order valence-corrected chi connectivity index (χ1v) is 12.5. The van der Waals surface area contributed by atoms with Crippen molar-refractivity contribution in [3.05, 3.63) is 107 Å². The molecule has 2 N–H and O–H groups in total. The molecule has 178 valence electrons. The normalized spacial score (nSPS) is 17.4. The lowest BCUT2D eigenvalue weighted by molar-refractivity contribution is 0.274. The van der Waals surface area contributed by atoms with Gasteiger partial charge in [0.15, 0.2) is 5.11 Å². The molecule has 0 saturated carbocycles. The lowest BCUT2D eigenvalue weighted by atomic mass is 10.0. The molecule has 1 saturated heterocycles. The predicted octanol–water partition coefficient (Wildman–Crippen LogP) is 6.78. The summed E-state index contributed by atoms with van der Waals surface area (Å²) in [6, 6.07) is 25.9. The molecule has 2 unspecified atom stereocenters. The van der Waals surface area contributed by atoms with Crippen LogP contribution in [0.25, 0.3) is 11.3 Å². The van der Waals surface area contributed by atoms with Crippen LogP contribution in [0.4, 0.5) is 5.69 Å². The fourth-order valence-electron chi connectivity index (χ4n) is 4.51. The molecule has 35 heavy (non-hydrogen) atoms. The molecule has 5 nitrogen and oxygen atoms in total. The minimum Gasteiger partial charge on any atom is -0.459 e. The number of aromatic nitrogens is 1. The number of thiocarbonyl (C=S) groups is 1. The van der Waals surface area contributed by atoms with Crippen LogP contribution in [0.3, 0.4) is 0 Å². The summed E-state index contributed by atoms with van der Waals surface area (Å²) in [6.45, 7) is 3.68. The van der Waals surface area contributed by atoms with Crippen LogP contribution < -0.4 is 10.6 Å². The zero-order valence-corrected chi connectivity index (χ0v) is 21.0. The van der Waals surface area contributed by atoms with Gasteiger partial charge in [-0.3, -0.25) is 4.98 Å². The second-order valence-corrected chi connectivity index (χ2v) is 9.45. The highest BCUT2D eigenvalue weighted by Gasteiger charge is 2.41. The predicted molar refractivity (Wildman–Crippen MR) is 146 cm³/mol. The van der Waals surface area contributed by atoms with Gasteiger partial charge in [0.1, 0.15) is 17.6 Å². The van der Waals surface area contributed by atoms with E-state index in [0.717, 1.165) is 53.5 Å². The van der Waals surface area contributed by atoms with Crippen molar-refractivity contribution in [3.63, 3.8) is 0 Å². The van der Waals surface area contributed by atoms with Gasteiger partial charge in [0.2, 0.25) is 0 Å². The summed E-state index contributed by atoms with van der Waals surface area (Å²) in [5.41, 5.74) is 4.15. The van der Waals surface area contributed by atoms with E-state index >= 15 is 0 Å². The second kappa shape index (κ2) is 10.5. The number of nitrogens with one attached hydrogen (secondary N) is 2. The average Bonchev–Trinajstić information content (AvgIpc) is 3.49. The number of rotatable bonds is 8. The van der Waals surface area contributed by atoms with E-state index in [1.807, 2.05) is 72.9 Å². The van der Waals surface area contributed by atoms with E-state index in [4.69, 9.17) is 28.2 Å². The number of para-hydroxylation sites is 1. The maximum Gasteiger partial charge on any atom is 0.170 e. The number of nitrogens with zero attached hydrogens (tertiary/aromatic N) is 2. The summed E-state index contributed by atoms with van der Waals surface area (Å²) in [4.78, 5) is 6.83. The Morgan fingerprint density at radius 3 is 2.69 bits per heavy atom. The highest BCUT2D eigenvalue weighted by Crippen LogP contribution is 2.41. The molecular formula is C28H27ClN4OS. The third kappa shape index (κ3) is 5.19. The Kier molecular flexibility index (Phi) is 7.02. The summed E-state index contributed by atoms with van der Waals surface area (Å²) in [5.74, 6) is 1.64. The third-order valence-corrected chi connectivity index (χ3v) is 6.85. The zero-order valence-electron chi connectivity index (χ0n) is 19.4. The average molecular weight is 503 g/mol. The molecule has 2 atom stereocenters. The van der Waals surface area contributed by atoms with E-state index in [9.17, 15) is 0 Å². The summed E-state index contributed by atoms with van der Waals surface area (Å²) in [5, 5.41) is 8.37. The van der Waals surface area contributed by atoms with Crippen molar-refractivity contribution in [2.24, 2.45) is 0 Å². The fourth-order valence-corrected chi connectivity index (χ4v) is 5.01. The van der Waals surface area contributed by atoms with Gasteiger partial charge in [-0.1, -0.05) is 41.9 Å². The molecule has 4 aromatic rings. The van der Waals surface area contributed by atoms with Crippen molar-refractivity contribution < 1.29 is 4.42 Å². The van der Waals surface area contributed by atoms with Crippen LogP contribution in [0.1, 0.15) is 35.5 Å². The lowest BCUT2D eigenvalue weighted by Gasteiger charge is -2.26. The van der Waals surface area contributed by atoms with Crippen molar-refractivity contribution in [2.75, 3.05) is 18.4 Å². The van der Waals surface area contributed by atoms with Crippen LogP contribution in [0.15, 0.2) is 89.5 Å². The van der Waals surface area contributed by atoms with Crippen molar-refractivity contribution in [2.45, 2.75) is 25.4 Å². The molecular weight excluding hydrogens is 476 g/mol. The molecule has 2 aromatic heterocycles. The number of hydrogen-bond acceptors (Lipinski definition) is 4. The van der Waals surface area contributed by atoms with E-state index in [-0.39, 0.29) is 12.1 Å².